The van der Waals surface area contributed by atoms with Gasteiger partial charge in [0.15, 0.2) is 17.3 Å². The molecule has 101 heavy (non-hydrogen) atoms. The number of hydrogen-bond donors (Lipinski definition) is 5. The molecule has 11 atom stereocenters. The molecule has 0 spiro atoms. The van der Waals surface area contributed by atoms with Crippen molar-refractivity contribution in [1.82, 2.24) is 26.6 Å². The van der Waals surface area contributed by atoms with Gasteiger partial charge in [-0.2, -0.15) is 11.8 Å². The molecule has 0 bridgehead atoms. The van der Waals surface area contributed by atoms with E-state index in [1.165, 1.54) is 11.8 Å². The van der Waals surface area contributed by atoms with E-state index in [2.05, 4.69) is 33.5 Å². The third-order valence-electron chi connectivity index (χ3n) is 16.0. The molecular formula is C75H117N5O18S3. The van der Waals surface area contributed by atoms with Gasteiger partial charge in [-0.05, 0) is 150 Å². The minimum Gasteiger partial charge on any atom is -0.488 e. The van der Waals surface area contributed by atoms with Gasteiger partial charge in [0.25, 0.3) is 0 Å². The Kier molecular flexibility index (Phi) is 38.9. The zero-order chi connectivity index (χ0) is 75.8. The summed E-state index contributed by atoms with van der Waals surface area (Å²) in [6.45, 7) is 29.1. The number of hydrogen-bond acceptors (Lipinski definition) is 21. The van der Waals surface area contributed by atoms with E-state index in [4.69, 9.17) is 33.2 Å². The third-order valence-corrected chi connectivity index (χ3v) is 19.3. The number of thioether (sulfide) groups is 1. The Morgan fingerprint density at radius 2 is 1.32 bits per heavy atom. The van der Waals surface area contributed by atoms with Gasteiger partial charge in [0, 0.05) is 56.1 Å². The average Bonchev–Trinajstić information content (AvgIpc) is 0.835. The molecule has 1 heterocycles. The Morgan fingerprint density at radius 3 is 1.92 bits per heavy atom. The van der Waals surface area contributed by atoms with Crippen LogP contribution in [0.25, 0.3) is 0 Å². The number of ketones is 4. The van der Waals surface area contributed by atoms with Gasteiger partial charge in [0.05, 0.1) is 73.4 Å². The van der Waals surface area contributed by atoms with E-state index in [1.807, 2.05) is 40.9 Å². The zero-order valence-electron chi connectivity index (χ0n) is 63.1. The fourth-order valence-corrected chi connectivity index (χ4v) is 13.2. The normalized spacial score (nSPS) is 19.6. The third kappa shape index (κ3) is 36.4. The van der Waals surface area contributed by atoms with E-state index in [0.29, 0.717) is 48.5 Å². The largest absolute Gasteiger partial charge is 0.488 e. The molecular weight excluding hydrogens is 1360 g/mol. The van der Waals surface area contributed by atoms with Crippen molar-refractivity contribution in [3.05, 3.63) is 65.7 Å². The lowest BCUT2D eigenvalue weighted by atomic mass is 9.88. The van der Waals surface area contributed by atoms with E-state index in [0.717, 1.165) is 11.5 Å². The number of ether oxygens (including phenoxy) is 7. The fourth-order valence-electron chi connectivity index (χ4n) is 10.6. The molecule has 5 N–H and O–H groups in total. The summed E-state index contributed by atoms with van der Waals surface area (Å²) in [7, 11) is 3.41. The predicted molar refractivity (Wildman–Crippen MR) is 395 cm³/mol. The highest BCUT2D eigenvalue weighted by atomic mass is 33.1. The molecule has 23 nitrogen and oxygen atoms in total. The van der Waals surface area contributed by atoms with E-state index < -0.39 is 174 Å². The molecule has 1 saturated heterocycles. The number of rotatable bonds is 39. The van der Waals surface area contributed by atoms with Crippen LogP contribution in [0.1, 0.15) is 180 Å². The molecule has 2 unspecified atom stereocenters. The smallest absolute Gasteiger partial charge is 0.309 e. The molecule has 2 aromatic rings. The monoisotopic (exact) mass is 1470 g/mol. The maximum Gasteiger partial charge on any atom is 0.309 e. The molecule has 5 amide bonds. The molecule has 0 saturated carbocycles. The molecule has 0 aliphatic carbocycles. The Labute approximate surface area is 612 Å². The van der Waals surface area contributed by atoms with Gasteiger partial charge in [0.2, 0.25) is 29.5 Å². The van der Waals surface area contributed by atoms with Crippen molar-refractivity contribution in [2.45, 2.75) is 241 Å². The number of benzene rings is 2. The Morgan fingerprint density at radius 1 is 0.673 bits per heavy atom. The van der Waals surface area contributed by atoms with E-state index >= 15 is 14.4 Å². The molecule has 26 heteroatoms. The molecule has 1 aliphatic heterocycles. The first kappa shape index (κ1) is 89.3. The van der Waals surface area contributed by atoms with Crippen LogP contribution in [-0.2, 0) is 94.0 Å². The summed E-state index contributed by atoms with van der Waals surface area (Å²) >= 11 is 1.42. The second-order valence-electron chi connectivity index (χ2n) is 29.8. The van der Waals surface area contributed by atoms with Crippen molar-refractivity contribution in [3.63, 3.8) is 0 Å². The van der Waals surface area contributed by atoms with Crippen LogP contribution in [0.5, 0.6) is 5.75 Å². The second kappa shape index (κ2) is 44.0. The van der Waals surface area contributed by atoms with Gasteiger partial charge in [-0.15, -0.1) is 0 Å². The van der Waals surface area contributed by atoms with Crippen molar-refractivity contribution in [2.75, 3.05) is 63.2 Å². The summed E-state index contributed by atoms with van der Waals surface area (Å²) in [6.07, 6.45) is -0.325. The first-order chi connectivity index (χ1) is 47.2. The number of esters is 2. The number of amides is 5. The molecule has 568 valence electrons. The van der Waals surface area contributed by atoms with Gasteiger partial charge < -0.3 is 59.7 Å². The summed E-state index contributed by atoms with van der Waals surface area (Å²) in [5.74, 6) is -9.54. The maximum absolute atomic E-state index is 15.4. The van der Waals surface area contributed by atoms with Crippen molar-refractivity contribution < 1.29 is 85.9 Å². The van der Waals surface area contributed by atoms with Crippen LogP contribution < -0.4 is 31.3 Å². The number of nitrogens with one attached hydrogen (secondary N) is 5. The zero-order valence-corrected chi connectivity index (χ0v) is 65.5. The topological polar surface area (TPSA) is 313 Å². The van der Waals surface area contributed by atoms with Crippen molar-refractivity contribution in [2.24, 2.45) is 29.6 Å². The minimum atomic E-state index is -1.76. The first-order valence-electron chi connectivity index (χ1n) is 35.2. The first-order valence-corrected chi connectivity index (χ1v) is 39.1. The summed E-state index contributed by atoms with van der Waals surface area (Å²) in [4.78, 5) is 159. The van der Waals surface area contributed by atoms with Gasteiger partial charge in [-0.1, -0.05) is 98.2 Å². The average molecular weight is 1470 g/mol. The van der Waals surface area contributed by atoms with Gasteiger partial charge in [-0.25, -0.2) is 0 Å². The Hall–Kier alpha value is -5.90. The van der Waals surface area contributed by atoms with Crippen molar-refractivity contribution >= 4 is 98.0 Å². The van der Waals surface area contributed by atoms with Crippen LogP contribution in [0.4, 0.5) is 0 Å². The molecule has 1 aliphatic rings. The molecule has 3 rings (SSSR count). The SMILES string of the molecule is CCSSC[C@H](C)C(=O)CCCOCCOCC(=O)N[C@@H](Cc1ccc(OC(C)(C)C)cc1)C(=O)C[C@@H](COC(C)(C)C)C(=O)N[C@H](C(=O)C[C@H]1COC(=O)[C@H](CCSC)CC(=O)[C@H](C(C)CC)NC(=O)[C@H](Cc2ccccc2)NC(=O)[C@H](CC(=O)OC(C)(C)C)NC1=O)C(C)OC(C)(C)C. The number of carbonyl (C=O) groups is 11. The number of Topliss-reactive ketones (excluding diaryl/α,β-unsaturated/α-hetero) is 4. The van der Waals surface area contributed by atoms with Crippen molar-refractivity contribution in [3.8, 4) is 5.75 Å². The lowest BCUT2D eigenvalue weighted by molar-refractivity contribution is -0.157. The summed E-state index contributed by atoms with van der Waals surface area (Å²) < 4.78 is 41.5. The Bertz CT molecular complexity index is 2980. The van der Waals surface area contributed by atoms with E-state index in [9.17, 15) is 38.4 Å². The van der Waals surface area contributed by atoms with E-state index in [1.54, 1.807) is 152 Å². The lowest BCUT2D eigenvalue weighted by Crippen LogP contribution is -2.58. The standard InChI is InChI=1S/C75H117N5O18S3/c1-19-47(3)65-61(83)39-52(32-36-99-18)71(91)94-43-53(67(87)77-58(42-64(86)98-75(15,16)17)69(89)78-57(70(90)79-65)38-50-25-22-21-23-26-50)41-62(84)66(49(5)96-73(9,10)11)80-68(88)54(44-95-72(6,7)8)40-60(82)56(37-51-28-30-55(31-29-51)97-74(12,13)14)76-63(85)45-93-35-34-92-33-24-27-59(81)48(4)46-101-100-20-2/h21-23,25-26,28-31,47-49,52-54,56-58,65-66H,19-20,24,27,32-46H2,1-18H3,(H,76,85)(H,77,87)(H,78,89)(H,79,90)(H,80,88)/t47?,48-,49?,52+,53-,54-,56-,57-,58-,65-,66-/m0/s1. The highest BCUT2D eigenvalue weighted by Gasteiger charge is 2.41. The van der Waals surface area contributed by atoms with Crippen LogP contribution in [0.15, 0.2) is 54.6 Å². The molecule has 2 aromatic carbocycles. The van der Waals surface area contributed by atoms with E-state index in [-0.39, 0.29) is 57.2 Å². The maximum atomic E-state index is 15.4. The number of cyclic esters (lactones) is 1. The van der Waals surface area contributed by atoms with Crippen LogP contribution in [-0.4, -0.2) is 186 Å². The highest BCUT2D eigenvalue weighted by molar-refractivity contribution is 8.76. The minimum absolute atomic E-state index is 0.0197. The highest BCUT2D eigenvalue weighted by Crippen LogP contribution is 2.27. The lowest BCUT2D eigenvalue weighted by Gasteiger charge is -2.33. The molecule has 1 fully saturated rings. The fraction of sp³-hybridized carbons (Fsp3) is 0.693. The summed E-state index contributed by atoms with van der Waals surface area (Å²) in [5, 5.41) is 13.8. The summed E-state index contributed by atoms with van der Waals surface area (Å²) in [6, 6.07) is 8.73. The van der Waals surface area contributed by atoms with Crippen LogP contribution in [0.3, 0.4) is 0 Å². The van der Waals surface area contributed by atoms with Crippen LogP contribution >= 0.6 is 33.3 Å². The van der Waals surface area contributed by atoms with Gasteiger partial charge >= 0.3 is 11.9 Å². The molecule has 0 aromatic heterocycles. The van der Waals surface area contributed by atoms with Crippen LogP contribution in [0.2, 0.25) is 0 Å². The predicted octanol–water partition coefficient (Wildman–Crippen LogP) is 9.33. The summed E-state index contributed by atoms with van der Waals surface area (Å²) in [5.41, 5.74) is -2.08. The van der Waals surface area contributed by atoms with Crippen molar-refractivity contribution in [1.29, 1.82) is 0 Å². The number of carbonyl (C=O) groups excluding carboxylic acids is 11. The van der Waals surface area contributed by atoms with Gasteiger partial charge in [0.1, 0.15) is 54.1 Å². The van der Waals surface area contributed by atoms with Crippen LogP contribution in [0, 0.1) is 29.6 Å². The quantitative estimate of drug-likeness (QED) is 0.0236. The second-order valence-corrected chi connectivity index (χ2v) is 33.6. The molecule has 0 radical (unpaired) electrons. The van der Waals surface area contributed by atoms with Gasteiger partial charge in [-0.3, -0.25) is 52.7 Å². The Balaban J connectivity index is 2.12.